The molecule has 5 rings (SSSR count). The second kappa shape index (κ2) is 9.19. The number of aromatic nitrogens is 6. The van der Waals surface area contributed by atoms with Crippen molar-refractivity contribution >= 4 is 34.0 Å². The van der Waals surface area contributed by atoms with Gasteiger partial charge in [0.2, 0.25) is 5.82 Å². The van der Waals surface area contributed by atoms with Gasteiger partial charge in [-0.3, -0.25) is 14.4 Å². The van der Waals surface area contributed by atoms with Crippen molar-refractivity contribution in [2.45, 2.75) is 51.9 Å². The van der Waals surface area contributed by atoms with Gasteiger partial charge in [0.15, 0.2) is 10.8 Å². The van der Waals surface area contributed by atoms with Crippen molar-refractivity contribution in [1.29, 1.82) is 5.26 Å². The SMILES string of the molecule is CC[C@@H]1CN(c2cc(=O)n(C)c3cn(CC#N)nc23)[C@@H](C)CN1[C@H](C)c1ccn2nc(Cl)c(F)c2n1. The lowest BCUT2D eigenvalue weighted by molar-refractivity contribution is 0.104. The topological polar surface area (TPSA) is 100 Å². The average Bonchev–Trinajstić information content (AvgIpc) is 3.41. The van der Waals surface area contributed by atoms with E-state index in [9.17, 15) is 9.18 Å². The summed E-state index contributed by atoms with van der Waals surface area (Å²) in [5.41, 5.74) is 2.91. The first-order valence-corrected chi connectivity index (χ1v) is 12.3. The molecule has 0 saturated carbocycles. The summed E-state index contributed by atoms with van der Waals surface area (Å²) in [6.45, 7) is 7.83. The number of fused-ring (bicyclic) bond motifs is 2. The number of pyridine rings is 1. The largest absolute Gasteiger partial charge is 0.364 e. The van der Waals surface area contributed by atoms with Crippen LogP contribution < -0.4 is 10.5 Å². The number of hydrogen-bond acceptors (Lipinski definition) is 7. The Morgan fingerprint density at radius 3 is 2.83 bits per heavy atom. The van der Waals surface area contributed by atoms with Gasteiger partial charge in [0.25, 0.3) is 5.56 Å². The van der Waals surface area contributed by atoms with Crippen molar-refractivity contribution in [3.8, 4) is 6.07 Å². The summed E-state index contributed by atoms with van der Waals surface area (Å²) in [4.78, 5) is 21.9. The van der Waals surface area contributed by atoms with Crippen LogP contribution in [-0.2, 0) is 13.6 Å². The average molecular weight is 512 g/mol. The fourth-order valence-electron chi connectivity index (χ4n) is 5.14. The third-order valence-corrected chi connectivity index (χ3v) is 7.41. The predicted octanol–water partition coefficient (Wildman–Crippen LogP) is 3.14. The first-order valence-electron chi connectivity index (χ1n) is 11.9. The molecule has 3 atom stereocenters. The maximum atomic E-state index is 14.4. The Labute approximate surface area is 212 Å². The minimum atomic E-state index is -0.624. The first-order chi connectivity index (χ1) is 17.2. The fourth-order valence-corrected chi connectivity index (χ4v) is 5.31. The van der Waals surface area contributed by atoms with Crippen molar-refractivity contribution in [1.82, 2.24) is 33.8 Å². The summed E-state index contributed by atoms with van der Waals surface area (Å²) in [6, 6.07) is 5.74. The molecule has 4 aromatic heterocycles. The van der Waals surface area contributed by atoms with Gasteiger partial charge in [0.05, 0.1) is 29.2 Å². The minimum absolute atomic E-state index is 0.0663. The van der Waals surface area contributed by atoms with Gasteiger partial charge in [0, 0.05) is 50.5 Å². The molecule has 12 heteroatoms. The Morgan fingerprint density at radius 2 is 2.11 bits per heavy atom. The second-order valence-electron chi connectivity index (χ2n) is 9.31. The predicted molar refractivity (Wildman–Crippen MR) is 135 cm³/mol. The van der Waals surface area contributed by atoms with Crippen molar-refractivity contribution in [3.63, 3.8) is 0 Å². The van der Waals surface area contributed by atoms with E-state index in [1.54, 1.807) is 34.8 Å². The van der Waals surface area contributed by atoms with Crippen LogP contribution in [0.15, 0.2) is 29.3 Å². The number of aryl methyl sites for hydroxylation is 1. The fraction of sp³-hybridized carbons (Fsp3) is 0.458. The van der Waals surface area contributed by atoms with E-state index in [4.69, 9.17) is 16.9 Å². The summed E-state index contributed by atoms with van der Waals surface area (Å²) in [5.74, 6) is -0.624. The number of halogens is 2. The smallest absolute Gasteiger partial charge is 0.252 e. The van der Waals surface area contributed by atoms with Crippen LogP contribution in [0.5, 0.6) is 0 Å². The van der Waals surface area contributed by atoms with Crippen LogP contribution in [0.1, 0.15) is 38.9 Å². The Hall–Kier alpha value is -3.49. The lowest BCUT2D eigenvalue weighted by Gasteiger charge is -2.48. The molecule has 4 aromatic rings. The Kier molecular flexibility index (Phi) is 6.18. The number of rotatable bonds is 5. The number of piperazine rings is 1. The van der Waals surface area contributed by atoms with Gasteiger partial charge in [-0.05, 0) is 26.3 Å². The lowest BCUT2D eigenvalue weighted by atomic mass is 10.00. The van der Waals surface area contributed by atoms with Crippen LogP contribution in [-0.4, -0.2) is 59.0 Å². The Morgan fingerprint density at radius 1 is 1.33 bits per heavy atom. The summed E-state index contributed by atoms with van der Waals surface area (Å²) in [6.07, 6.45) is 4.30. The maximum absolute atomic E-state index is 14.4. The lowest BCUT2D eigenvalue weighted by Crippen LogP contribution is -2.58. The molecule has 0 unspecified atom stereocenters. The van der Waals surface area contributed by atoms with E-state index >= 15 is 0 Å². The van der Waals surface area contributed by atoms with Gasteiger partial charge in [0.1, 0.15) is 12.1 Å². The maximum Gasteiger partial charge on any atom is 0.252 e. The van der Waals surface area contributed by atoms with E-state index in [0.29, 0.717) is 24.1 Å². The minimum Gasteiger partial charge on any atom is -0.364 e. The van der Waals surface area contributed by atoms with E-state index in [-0.39, 0.29) is 41.0 Å². The van der Waals surface area contributed by atoms with E-state index in [1.807, 2.05) is 6.07 Å². The molecule has 0 radical (unpaired) electrons. The molecule has 36 heavy (non-hydrogen) atoms. The molecule has 188 valence electrons. The monoisotopic (exact) mass is 511 g/mol. The third kappa shape index (κ3) is 3.90. The van der Waals surface area contributed by atoms with Crippen LogP contribution in [0, 0.1) is 17.1 Å². The quantitative estimate of drug-likeness (QED) is 0.405. The van der Waals surface area contributed by atoms with Crippen molar-refractivity contribution in [3.05, 3.63) is 51.5 Å². The highest BCUT2D eigenvalue weighted by molar-refractivity contribution is 6.29. The summed E-state index contributed by atoms with van der Waals surface area (Å²) in [7, 11) is 1.71. The molecule has 1 fully saturated rings. The molecule has 0 aromatic carbocycles. The highest BCUT2D eigenvalue weighted by atomic mass is 35.5. The second-order valence-corrected chi connectivity index (χ2v) is 9.67. The molecule has 0 bridgehead atoms. The number of nitrogens with zero attached hydrogens (tertiary/aromatic N) is 9. The van der Waals surface area contributed by atoms with E-state index in [0.717, 1.165) is 17.8 Å². The normalized spacial score (nSPS) is 19.8. The molecular weight excluding hydrogens is 485 g/mol. The van der Waals surface area contributed by atoms with Crippen molar-refractivity contribution < 1.29 is 4.39 Å². The molecule has 5 heterocycles. The highest BCUT2D eigenvalue weighted by Gasteiger charge is 2.35. The molecule has 0 amide bonds. The summed E-state index contributed by atoms with van der Waals surface area (Å²) in [5, 5.41) is 17.5. The van der Waals surface area contributed by atoms with Crippen LogP contribution in [0.4, 0.5) is 10.1 Å². The van der Waals surface area contributed by atoms with Crippen molar-refractivity contribution in [2.75, 3.05) is 18.0 Å². The van der Waals surface area contributed by atoms with Gasteiger partial charge in [-0.15, -0.1) is 0 Å². The van der Waals surface area contributed by atoms with E-state index in [1.165, 1.54) is 4.52 Å². The highest BCUT2D eigenvalue weighted by Crippen LogP contribution is 2.33. The molecule has 1 aliphatic heterocycles. The Balaban J connectivity index is 1.48. The standard InChI is InChI=1S/C24H27ClFN9O/c1-5-16-12-33(18-10-20(36)31(4)19-13-32(9-7-27)29-22(18)19)14(2)11-34(16)15(3)17-6-8-35-24(28-17)21(26)23(25)30-35/h6,8,10,13-16H,5,9,11-12H2,1-4H3/t14-,15+,16+/m0/s1. The number of nitriles is 1. The van der Waals surface area contributed by atoms with Crippen LogP contribution in [0.25, 0.3) is 16.7 Å². The van der Waals surface area contributed by atoms with Crippen LogP contribution in [0.3, 0.4) is 0 Å². The third-order valence-electron chi connectivity index (χ3n) is 7.17. The zero-order valence-corrected chi connectivity index (χ0v) is 21.3. The molecule has 10 nitrogen and oxygen atoms in total. The zero-order chi connectivity index (χ0) is 25.7. The molecule has 0 spiro atoms. The van der Waals surface area contributed by atoms with Crippen LogP contribution in [0.2, 0.25) is 5.15 Å². The Bertz CT molecular complexity index is 1550. The molecular formula is C24H27ClFN9O. The van der Waals surface area contributed by atoms with Crippen LogP contribution >= 0.6 is 11.6 Å². The molecule has 1 aliphatic rings. The summed E-state index contributed by atoms with van der Waals surface area (Å²) >= 11 is 5.84. The van der Waals surface area contributed by atoms with Crippen molar-refractivity contribution in [2.24, 2.45) is 7.05 Å². The molecule has 1 saturated heterocycles. The zero-order valence-electron chi connectivity index (χ0n) is 20.6. The summed E-state index contributed by atoms with van der Waals surface area (Å²) < 4.78 is 18.8. The number of anilines is 1. The molecule has 0 N–H and O–H groups in total. The van der Waals surface area contributed by atoms with Gasteiger partial charge in [-0.25, -0.2) is 9.50 Å². The number of hydrogen-bond donors (Lipinski definition) is 0. The first kappa shape index (κ1) is 24.2. The van der Waals surface area contributed by atoms with Gasteiger partial charge in [-0.1, -0.05) is 18.5 Å². The van der Waals surface area contributed by atoms with E-state index < -0.39 is 5.82 Å². The molecule has 0 aliphatic carbocycles. The van der Waals surface area contributed by atoms with Gasteiger partial charge < -0.3 is 9.47 Å². The van der Waals surface area contributed by atoms with E-state index in [2.05, 4.69) is 51.8 Å². The van der Waals surface area contributed by atoms with Gasteiger partial charge >= 0.3 is 0 Å². The van der Waals surface area contributed by atoms with Gasteiger partial charge in [-0.2, -0.15) is 19.8 Å².